The van der Waals surface area contributed by atoms with Crippen LogP contribution in [-0.2, 0) is 12.7 Å². The maximum Gasteiger partial charge on any atom is 0.416 e. The first-order valence-corrected chi connectivity index (χ1v) is 9.60. The molecular weight excluding hydrogens is 401 g/mol. The Hall–Kier alpha value is -3.13. The van der Waals surface area contributed by atoms with Crippen molar-refractivity contribution in [1.29, 1.82) is 0 Å². The molecule has 0 spiro atoms. The van der Waals surface area contributed by atoms with Crippen LogP contribution in [0.5, 0.6) is 0 Å². The Bertz CT molecular complexity index is 1310. The van der Waals surface area contributed by atoms with Crippen molar-refractivity contribution in [2.75, 3.05) is 0 Å². The molecule has 0 unspecified atom stereocenters. The molecule has 148 valence electrons. The van der Waals surface area contributed by atoms with Crippen LogP contribution in [0.3, 0.4) is 0 Å². The molecule has 4 rings (SSSR count). The van der Waals surface area contributed by atoms with Crippen LogP contribution in [0, 0.1) is 6.92 Å². The number of benzene rings is 2. The molecular formula is C21H15F3N2O2S. The molecule has 0 fully saturated rings. The van der Waals surface area contributed by atoms with Crippen LogP contribution < -0.4 is 11.2 Å². The first-order valence-electron chi connectivity index (χ1n) is 8.72. The maximum absolute atomic E-state index is 13.2. The summed E-state index contributed by atoms with van der Waals surface area (Å²) >= 11 is 1.15. The second-order valence-corrected chi connectivity index (χ2v) is 7.59. The van der Waals surface area contributed by atoms with Crippen molar-refractivity contribution in [2.45, 2.75) is 19.6 Å². The lowest BCUT2D eigenvalue weighted by atomic mass is 10.1. The molecule has 0 aliphatic carbocycles. The van der Waals surface area contributed by atoms with Crippen molar-refractivity contribution >= 4 is 21.6 Å². The van der Waals surface area contributed by atoms with E-state index < -0.39 is 23.0 Å². The van der Waals surface area contributed by atoms with Crippen LogP contribution in [0.25, 0.3) is 15.9 Å². The molecule has 0 radical (unpaired) electrons. The van der Waals surface area contributed by atoms with E-state index in [0.29, 0.717) is 10.2 Å². The molecule has 0 N–H and O–H groups in total. The molecule has 4 aromatic rings. The fourth-order valence-electron chi connectivity index (χ4n) is 3.17. The van der Waals surface area contributed by atoms with Gasteiger partial charge in [-0.1, -0.05) is 35.9 Å². The Morgan fingerprint density at radius 2 is 1.72 bits per heavy atom. The minimum atomic E-state index is -4.58. The Kier molecular flexibility index (Phi) is 4.66. The fraction of sp³-hybridized carbons (Fsp3) is 0.143. The zero-order valence-corrected chi connectivity index (χ0v) is 16.1. The van der Waals surface area contributed by atoms with Gasteiger partial charge in [0.05, 0.1) is 23.3 Å². The van der Waals surface area contributed by atoms with Crippen LogP contribution in [0.4, 0.5) is 13.2 Å². The van der Waals surface area contributed by atoms with Crippen LogP contribution in [0.15, 0.2) is 69.6 Å². The standard InChI is InChI=1S/C21H15F3N2O2S/c1-13-5-7-14(8-6-13)12-25-17-9-10-29-18(17)19(27)26(20(25)28)16-4-2-3-15(11-16)21(22,23)24/h2-11H,12H2,1H3. The number of nitrogens with zero attached hydrogens (tertiary/aromatic N) is 2. The summed E-state index contributed by atoms with van der Waals surface area (Å²) in [6, 6.07) is 13.5. The monoisotopic (exact) mass is 416 g/mol. The zero-order valence-electron chi connectivity index (χ0n) is 15.2. The molecule has 8 heteroatoms. The lowest BCUT2D eigenvalue weighted by Crippen LogP contribution is -2.38. The third-order valence-corrected chi connectivity index (χ3v) is 5.54. The SMILES string of the molecule is Cc1ccc(Cn2c(=O)n(-c3cccc(C(F)(F)F)c3)c(=O)c3sccc32)cc1. The lowest BCUT2D eigenvalue weighted by molar-refractivity contribution is -0.137. The van der Waals surface area contributed by atoms with E-state index >= 15 is 0 Å². The van der Waals surface area contributed by atoms with Gasteiger partial charge in [0, 0.05) is 0 Å². The Morgan fingerprint density at radius 3 is 2.41 bits per heavy atom. The number of alkyl halides is 3. The topological polar surface area (TPSA) is 44.0 Å². The van der Waals surface area contributed by atoms with Gasteiger partial charge in [0.2, 0.25) is 0 Å². The molecule has 2 aromatic heterocycles. The molecule has 0 atom stereocenters. The summed E-state index contributed by atoms with van der Waals surface area (Å²) in [7, 11) is 0. The molecule has 0 saturated carbocycles. The highest BCUT2D eigenvalue weighted by Gasteiger charge is 2.31. The Balaban J connectivity index is 1.95. The molecule has 29 heavy (non-hydrogen) atoms. The quantitative estimate of drug-likeness (QED) is 0.490. The van der Waals surface area contributed by atoms with Crippen molar-refractivity contribution in [2.24, 2.45) is 0 Å². The molecule has 2 aromatic carbocycles. The van der Waals surface area contributed by atoms with E-state index in [0.717, 1.165) is 39.2 Å². The molecule has 0 amide bonds. The minimum Gasteiger partial charge on any atom is -0.288 e. The second-order valence-electron chi connectivity index (χ2n) is 6.68. The van der Waals surface area contributed by atoms with Gasteiger partial charge in [-0.2, -0.15) is 13.2 Å². The number of thiophene rings is 1. The number of aromatic nitrogens is 2. The number of hydrogen-bond acceptors (Lipinski definition) is 3. The highest BCUT2D eigenvalue weighted by Crippen LogP contribution is 2.30. The van der Waals surface area contributed by atoms with Crippen LogP contribution in [0.1, 0.15) is 16.7 Å². The summed E-state index contributed by atoms with van der Waals surface area (Å²) in [5.41, 5.74) is 0.0460. The number of rotatable bonds is 3. The third kappa shape index (κ3) is 3.51. The first-order chi connectivity index (χ1) is 13.8. The van der Waals surface area contributed by atoms with Gasteiger partial charge in [0.15, 0.2) is 0 Å². The molecule has 0 saturated heterocycles. The minimum absolute atomic E-state index is 0.109. The van der Waals surface area contributed by atoms with Gasteiger partial charge in [0.25, 0.3) is 5.56 Å². The van der Waals surface area contributed by atoms with Gasteiger partial charge >= 0.3 is 11.9 Å². The third-order valence-electron chi connectivity index (χ3n) is 4.65. The number of aryl methyl sites for hydroxylation is 1. The van der Waals surface area contributed by atoms with Crippen molar-refractivity contribution in [3.63, 3.8) is 0 Å². The first kappa shape index (κ1) is 19.2. The van der Waals surface area contributed by atoms with Crippen molar-refractivity contribution < 1.29 is 13.2 Å². The van der Waals surface area contributed by atoms with E-state index in [4.69, 9.17) is 0 Å². The summed E-state index contributed by atoms with van der Waals surface area (Å²) in [5, 5.41) is 1.69. The molecule has 2 heterocycles. The number of fused-ring (bicyclic) bond motifs is 1. The fourth-order valence-corrected chi connectivity index (χ4v) is 3.99. The Labute approximate surface area is 167 Å². The van der Waals surface area contributed by atoms with Crippen LogP contribution in [-0.4, -0.2) is 9.13 Å². The van der Waals surface area contributed by atoms with Gasteiger partial charge in [-0.3, -0.25) is 9.36 Å². The van der Waals surface area contributed by atoms with E-state index in [1.807, 2.05) is 31.2 Å². The smallest absolute Gasteiger partial charge is 0.288 e. The van der Waals surface area contributed by atoms with E-state index in [1.165, 1.54) is 16.7 Å². The van der Waals surface area contributed by atoms with Crippen molar-refractivity contribution in [3.8, 4) is 5.69 Å². The average molecular weight is 416 g/mol. The van der Waals surface area contributed by atoms with Gasteiger partial charge in [-0.25, -0.2) is 9.36 Å². The number of hydrogen-bond donors (Lipinski definition) is 0. The van der Waals surface area contributed by atoms with Gasteiger partial charge in [-0.05, 0) is 42.1 Å². The normalized spacial score (nSPS) is 11.9. The van der Waals surface area contributed by atoms with E-state index in [-0.39, 0.29) is 12.2 Å². The molecule has 0 aliphatic heterocycles. The van der Waals surface area contributed by atoms with Crippen LogP contribution in [0.2, 0.25) is 0 Å². The highest BCUT2D eigenvalue weighted by atomic mass is 32.1. The summed E-state index contributed by atoms with van der Waals surface area (Å²) in [4.78, 5) is 26.1. The van der Waals surface area contributed by atoms with E-state index in [1.54, 1.807) is 11.4 Å². The summed E-state index contributed by atoms with van der Waals surface area (Å²) in [6.45, 7) is 2.15. The van der Waals surface area contributed by atoms with Crippen molar-refractivity contribution in [3.05, 3.63) is 97.5 Å². The molecule has 0 aliphatic rings. The van der Waals surface area contributed by atoms with Crippen molar-refractivity contribution in [1.82, 2.24) is 9.13 Å². The van der Waals surface area contributed by atoms with Gasteiger partial charge in [0.1, 0.15) is 4.70 Å². The van der Waals surface area contributed by atoms with Gasteiger partial charge < -0.3 is 0 Å². The summed E-state index contributed by atoms with van der Waals surface area (Å²) in [5.74, 6) is 0. The van der Waals surface area contributed by atoms with E-state index in [9.17, 15) is 22.8 Å². The average Bonchev–Trinajstić information content (AvgIpc) is 3.16. The van der Waals surface area contributed by atoms with Crippen LogP contribution >= 0.6 is 11.3 Å². The largest absolute Gasteiger partial charge is 0.416 e. The van der Waals surface area contributed by atoms with E-state index in [2.05, 4.69) is 0 Å². The summed E-state index contributed by atoms with van der Waals surface area (Å²) in [6.07, 6.45) is -4.58. The highest BCUT2D eigenvalue weighted by molar-refractivity contribution is 7.17. The maximum atomic E-state index is 13.2. The second kappa shape index (κ2) is 7.04. The number of halogens is 3. The summed E-state index contributed by atoms with van der Waals surface area (Å²) < 4.78 is 41.9. The lowest BCUT2D eigenvalue weighted by Gasteiger charge is -2.14. The molecule has 4 nitrogen and oxygen atoms in total. The predicted octanol–water partition coefficient (Wildman–Crippen LogP) is 4.59. The predicted molar refractivity (Wildman–Crippen MR) is 107 cm³/mol. The zero-order chi connectivity index (χ0) is 20.8. The Morgan fingerprint density at radius 1 is 1.00 bits per heavy atom. The molecule has 0 bridgehead atoms. The van der Waals surface area contributed by atoms with Gasteiger partial charge in [-0.15, -0.1) is 11.3 Å².